The molecule has 6 heterocycles. The van der Waals surface area contributed by atoms with Gasteiger partial charge in [-0.15, -0.1) is 6.42 Å². The average molecular weight is 1540 g/mol. The summed E-state index contributed by atoms with van der Waals surface area (Å²) < 4.78 is 156. The van der Waals surface area contributed by atoms with Crippen molar-refractivity contribution in [1.82, 2.24) is 60.6 Å². The summed E-state index contributed by atoms with van der Waals surface area (Å²) in [5.41, 5.74) is -8.01. The van der Waals surface area contributed by atoms with Crippen LogP contribution in [0.4, 0.5) is 45.1 Å². The van der Waals surface area contributed by atoms with Gasteiger partial charge in [0.15, 0.2) is 11.5 Å². The molecule has 0 aliphatic carbocycles. The third-order valence-electron chi connectivity index (χ3n) is 17.1. The van der Waals surface area contributed by atoms with Gasteiger partial charge in [0.1, 0.15) is 52.7 Å². The number of terminal acetylenes is 1. The molecule has 3 saturated heterocycles. The first kappa shape index (κ1) is 81.6. The summed E-state index contributed by atoms with van der Waals surface area (Å²) in [6.07, 6.45) is 13.2. The molecule has 4 aromatic carbocycles. The van der Waals surface area contributed by atoms with Gasteiger partial charge in [-0.25, -0.2) is 29.3 Å². The fraction of sp³-hybridized carbons (Fsp3) is 0.423. The number of hydrogen-bond acceptors (Lipinski definition) is 18. The monoisotopic (exact) mass is 1540 g/mol. The van der Waals surface area contributed by atoms with Crippen LogP contribution in [0.25, 0.3) is 21.5 Å². The Hall–Kier alpha value is -11.1. The molecule has 6 N–H and O–H groups in total. The van der Waals surface area contributed by atoms with Crippen LogP contribution < -0.4 is 24.3 Å². The minimum Gasteiger partial charge on any atom is -0.453 e. The molecule has 0 radical (unpaired) electrons. The lowest BCUT2D eigenvalue weighted by Gasteiger charge is -2.29. The minimum atomic E-state index is -6.05. The maximum absolute atomic E-state index is 13.5. The Balaban J connectivity index is 0.000000257. The van der Waals surface area contributed by atoms with Crippen molar-refractivity contribution in [2.45, 2.75) is 127 Å². The number of aromatic amines is 3. The highest BCUT2D eigenvalue weighted by Gasteiger charge is 2.50. The normalized spacial score (nSPS) is 16.6. The second-order valence-electron chi connectivity index (χ2n) is 25.1. The van der Waals surface area contributed by atoms with Crippen molar-refractivity contribution in [2.75, 3.05) is 48.1 Å². The van der Waals surface area contributed by atoms with E-state index in [0.717, 1.165) is 96.8 Å². The molecular formula is C71H79F7N12O15S2. The molecule has 3 aromatic heterocycles. The highest BCUT2D eigenvalue weighted by Crippen LogP contribution is 2.39. The Morgan fingerprint density at radius 2 is 0.794 bits per heavy atom. The van der Waals surface area contributed by atoms with Crippen molar-refractivity contribution < 1.29 is 100 Å². The van der Waals surface area contributed by atoms with E-state index in [1.54, 1.807) is 33.3 Å². The van der Waals surface area contributed by atoms with Gasteiger partial charge >= 0.3 is 49.5 Å². The zero-order valence-electron chi connectivity index (χ0n) is 60.3. The van der Waals surface area contributed by atoms with Gasteiger partial charge < -0.3 is 68.2 Å². The molecule has 0 spiro atoms. The van der Waals surface area contributed by atoms with Gasteiger partial charge in [-0.1, -0.05) is 108 Å². The number of imidazole rings is 3. The lowest BCUT2D eigenvalue weighted by atomic mass is 10.0. The topological polar surface area (TPSA) is 349 Å². The number of hydrogen-bond donors (Lipinski definition) is 6. The van der Waals surface area contributed by atoms with Crippen molar-refractivity contribution in [3.05, 3.63) is 137 Å². The number of nitrogens with zero attached hydrogens (tertiary/aromatic N) is 6. The predicted octanol–water partition coefficient (Wildman–Crippen LogP) is 10.5. The number of aromatic nitrogens is 6. The predicted molar refractivity (Wildman–Crippen MR) is 375 cm³/mol. The van der Waals surface area contributed by atoms with E-state index in [0.29, 0.717) is 54.2 Å². The van der Waals surface area contributed by atoms with Crippen molar-refractivity contribution in [2.24, 2.45) is 17.8 Å². The van der Waals surface area contributed by atoms with Crippen molar-refractivity contribution in [3.63, 3.8) is 0 Å². The summed E-state index contributed by atoms with van der Waals surface area (Å²) in [6.45, 7) is 13.1. The second kappa shape index (κ2) is 36.3. The van der Waals surface area contributed by atoms with E-state index in [1.807, 2.05) is 77.9 Å². The third kappa shape index (κ3) is 20.5. The molecule has 3 aliphatic rings. The Morgan fingerprint density at radius 1 is 0.505 bits per heavy atom. The van der Waals surface area contributed by atoms with Crippen molar-refractivity contribution >= 4 is 77.8 Å². The second-order valence-corrected chi connectivity index (χ2v) is 28.2. The van der Waals surface area contributed by atoms with E-state index in [9.17, 15) is 76.3 Å². The molecule has 6 atom stereocenters. The van der Waals surface area contributed by atoms with E-state index in [-0.39, 0.29) is 53.6 Å². The number of methoxy groups -OCH3 is 3. The van der Waals surface area contributed by atoms with E-state index in [4.69, 9.17) is 17.3 Å². The maximum atomic E-state index is 13.5. The van der Waals surface area contributed by atoms with E-state index in [2.05, 4.69) is 88.6 Å². The fourth-order valence-corrected chi connectivity index (χ4v) is 12.8. The highest BCUT2D eigenvalue weighted by atomic mass is 32.2. The van der Waals surface area contributed by atoms with Crippen LogP contribution in [0.15, 0.2) is 91.4 Å². The smallest absolute Gasteiger partial charge is 0.453 e. The SMILES string of the molecule is C#Cc1cnc([C@@H]2CCCN2C(=O)[C@@H](NC(=O)OC)C(C)C)[nH]1.COC(=O)N[C@H](C(=O)N1CCC[C@H]1c1ncc(C#Cc2cccc3c(C#Cc4cnc([C@@H]5CCCN5C(=O)[C@@H](NC(=O)OC)C(C)C)[nH]4)cccc23)[nH]1)C(C)C.O=S(=O)(Oc1cccc2c(OS(=O)(=O)C(F)(F)F)cccc12)C(F)(F)F.[2H]CF. The Bertz CT molecular complexity index is 4550. The summed E-state index contributed by atoms with van der Waals surface area (Å²) in [7, 11) is -9.27. The number of ether oxygens (including phenoxy) is 3. The van der Waals surface area contributed by atoms with Gasteiger partial charge in [0, 0.05) is 41.5 Å². The number of alkyl halides is 7. The summed E-state index contributed by atoms with van der Waals surface area (Å²) in [5.74, 6) is 15.0. The Labute approximate surface area is 613 Å². The number of carbonyl (C=O) groups excluding carboxylic acids is 6. The maximum Gasteiger partial charge on any atom is 0.534 e. The summed E-state index contributed by atoms with van der Waals surface area (Å²) in [4.78, 5) is 104. The van der Waals surface area contributed by atoms with Gasteiger partial charge in [0.2, 0.25) is 17.7 Å². The van der Waals surface area contributed by atoms with Crippen LogP contribution in [0, 0.1) is 53.8 Å². The van der Waals surface area contributed by atoms with Crippen LogP contribution in [0.3, 0.4) is 0 Å². The van der Waals surface area contributed by atoms with Crippen molar-refractivity contribution in [3.8, 4) is 47.5 Å². The number of fused-ring (bicyclic) bond motifs is 2. The molecule has 107 heavy (non-hydrogen) atoms. The zero-order valence-corrected chi connectivity index (χ0v) is 60.9. The molecule has 0 unspecified atom stereocenters. The lowest BCUT2D eigenvalue weighted by molar-refractivity contribution is -0.136. The summed E-state index contributed by atoms with van der Waals surface area (Å²) in [5, 5.41) is 9.02. The van der Waals surface area contributed by atoms with Crippen LogP contribution >= 0.6 is 0 Å². The summed E-state index contributed by atoms with van der Waals surface area (Å²) in [6, 6.07) is 14.6. The van der Waals surface area contributed by atoms with Crippen LogP contribution in [0.2, 0.25) is 0 Å². The average Bonchev–Trinajstić information content (AvgIpc) is 0.975. The summed E-state index contributed by atoms with van der Waals surface area (Å²) >= 11 is 0. The van der Waals surface area contributed by atoms with Crippen LogP contribution in [-0.4, -0.2) is 175 Å². The Morgan fingerprint density at radius 3 is 1.07 bits per heavy atom. The highest BCUT2D eigenvalue weighted by molar-refractivity contribution is 7.88. The van der Waals surface area contributed by atoms with Gasteiger partial charge in [-0.3, -0.25) is 18.8 Å². The lowest BCUT2D eigenvalue weighted by Crippen LogP contribution is -2.51. The van der Waals surface area contributed by atoms with Gasteiger partial charge in [-0.2, -0.15) is 43.2 Å². The van der Waals surface area contributed by atoms with E-state index < -0.39 is 97.1 Å². The molecule has 6 amide bonds. The number of alkyl carbamates (subject to hydrolysis) is 3. The van der Waals surface area contributed by atoms with Crippen LogP contribution in [-0.2, 0) is 48.8 Å². The molecule has 3 fully saturated rings. The largest absolute Gasteiger partial charge is 0.534 e. The number of nitrogens with one attached hydrogen (secondary N) is 6. The van der Waals surface area contributed by atoms with E-state index in [1.165, 1.54) is 21.3 Å². The van der Waals surface area contributed by atoms with Gasteiger partial charge in [0.05, 0.1) is 66.6 Å². The molecule has 3 aliphatic heterocycles. The molecule has 10 rings (SSSR count). The molecule has 0 bridgehead atoms. The first-order valence-electron chi connectivity index (χ1n) is 33.7. The van der Waals surface area contributed by atoms with Crippen molar-refractivity contribution in [1.29, 1.82) is 0 Å². The number of carbonyl (C=O) groups is 6. The molecule has 574 valence electrons. The number of H-pyrrole nitrogens is 3. The first-order chi connectivity index (χ1) is 51.0. The fourth-order valence-electron chi connectivity index (χ4n) is 11.8. The van der Waals surface area contributed by atoms with Gasteiger partial charge in [-0.05, 0) is 103 Å². The molecule has 27 nitrogen and oxygen atoms in total. The minimum absolute atomic E-state index is 0.0549. The number of benzene rings is 4. The number of amides is 6. The van der Waals surface area contributed by atoms with Crippen LogP contribution in [0.5, 0.6) is 11.5 Å². The first-order valence-corrected chi connectivity index (χ1v) is 35.9. The molecular weight excluding hydrogens is 1460 g/mol. The molecule has 7 aromatic rings. The van der Waals surface area contributed by atoms with Gasteiger partial charge in [0.25, 0.3) is 0 Å². The number of rotatable bonds is 16. The zero-order chi connectivity index (χ0) is 79.6. The van der Waals surface area contributed by atoms with Crippen LogP contribution in [0.1, 0.15) is 145 Å². The van der Waals surface area contributed by atoms with E-state index >= 15 is 0 Å². The quantitative estimate of drug-likeness (QED) is 0.0172. The molecule has 0 saturated carbocycles. The Kier molecular flexibility index (Phi) is 27.7. The number of halogens is 7. The standard InChI is InChI=1S/C42H48N8O6.C16H22N4O3.C12H6F6O6S2.CH3F/c1-25(2)35(47-41(53)55-5)39(51)49-21-9-15-33(49)37-43-23-29(45-37)19-17-27-11-7-14-32-28(12-8-13-31(27)32)18-20-30-24-44-38(46-30)34-16-10-22-50(34)40(52)36(26(3)4)48-42(54)56-6;1-5-11-9-17-14(18-11)12-7-6-8-20(12)15(21)13(10(2)3)19-16(22)23-4;13-11(14,15)25(19,20)23-9-5-1-3-7-8(9)4-2-6-10(7)24-26(21,22)12(16,17)18;1-2/h7-8,11-14,23-26,33-36H,9-10,15-16,21-22H2,1-6H3,(H,43,45)(H,44,46)(H,47,53)(H,48,54);1,9-10,12-13H,6-8H2,2-4H3,(H,17,18)(H,19,22);1-6H;1H3/t33-,34-,35-,36-;12-,13-;;/m00../s1/i;;;1D. The molecule has 36 heteroatoms. The third-order valence-corrected chi connectivity index (χ3v) is 19.0. The number of likely N-dealkylation sites (tertiary alicyclic amines) is 3.